The molecule has 2 fully saturated rings. The standard InChI is InChI=1S/C16H24N2O/c1-3-13-4-6-14(7-5-13)16(11-19-12-16)15-10-18(2)9-8-17-15/h4-7,15,17H,3,8-12H2,1-2H3. The number of likely N-dealkylation sites (N-methyl/N-ethyl adjacent to an activating group) is 1. The monoisotopic (exact) mass is 260 g/mol. The summed E-state index contributed by atoms with van der Waals surface area (Å²) in [7, 11) is 2.21. The number of ether oxygens (including phenoxy) is 1. The largest absolute Gasteiger partial charge is 0.379 e. The molecule has 0 saturated carbocycles. The van der Waals surface area contributed by atoms with Crippen molar-refractivity contribution < 1.29 is 4.74 Å². The van der Waals surface area contributed by atoms with E-state index in [4.69, 9.17) is 4.74 Å². The van der Waals surface area contributed by atoms with Crippen LogP contribution in [0.1, 0.15) is 18.1 Å². The van der Waals surface area contributed by atoms with Gasteiger partial charge < -0.3 is 15.0 Å². The van der Waals surface area contributed by atoms with Crippen molar-refractivity contribution >= 4 is 0 Å². The molecule has 2 aliphatic heterocycles. The maximum absolute atomic E-state index is 5.58. The maximum atomic E-state index is 5.58. The Morgan fingerprint density at radius 3 is 2.58 bits per heavy atom. The molecule has 1 aromatic carbocycles. The van der Waals surface area contributed by atoms with E-state index < -0.39 is 0 Å². The van der Waals surface area contributed by atoms with Gasteiger partial charge in [-0.15, -0.1) is 0 Å². The van der Waals surface area contributed by atoms with Gasteiger partial charge in [-0.3, -0.25) is 0 Å². The zero-order valence-corrected chi connectivity index (χ0v) is 12.0. The summed E-state index contributed by atoms with van der Waals surface area (Å²) in [6.07, 6.45) is 1.11. The second kappa shape index (κ2) is 5.23. The summed E-state index contributed by atoms with van der Waals surface area (Å²) in [6.45, 7) is 7.24. The molecule has 0 radical (unpaired) electrons. The lowest BCUT2D eigenvalue weighted by Crippen LogP contribution is -2.66. The Morgan fingerprint density at radius 2 is 2.05 bits per heavy atom. The Hall–Kier alpha value is -0.900. The first kappa shape index (κ1) is 13.1. The van der Waals surface area contributed by atoms with E-state index in [1.165, 1.54) is 11.1 Å². The van der Waals surface area contributed by atoms with Crippen LogP contribution < -0.4 is 5.32 Å². The van der Waals surface area contributed by atoms with E-state index in [0.29, 0.717) is 6.04 Å². The Labute approximate surface area is 115 Å². The van der Waals surface area contributed by atoms with Crippen molar-refractivity contribution in [3.8, 4) is 0 Å². The highest BCUT2D eigenvalue weighted by molar-refractivity contribution is 5.34. The van der Waals surface area contributed by atoms with Crippen LogP contribution in [0.2, 0.25) is 0 Å². The number of hydrogen-bond donors (Lipinski definition) is 1. The van der Waals surface area contributed by atoms with Crippen molar-refractivity contribution in [1.29, 1.82) is 0 Å². The first-order chi connectivity index (χ1) is 9.24. The van der Waals surface area contributed by atoms with Gasteiger partial charge in [-0.2, -0.15) is 0 Å². The lowest BCUT2D eigenvalue weighted by atomic mass is 9.71. The molecule has 1 atom stereocenters. The van der Waals surface area contributed by atoms with Gasteiger partial charge in [0.05, 0.1) is 18.6 Å². The molecule has 2 heterocycles. The zero-order valence-electron chi connectivity index (χ0n) is 12.0. The van der Waals surface area contributed by atoms with E-state index in [9.17, 15) is 0 Å². The fraction of sp³-hybridized carbons (Fsp3) is 0.625. The van der Waals surface area contributed by atoms with Gasteiger partial charge in [0.2, 0.25) is 0 Å². The third kappa shape index (κ3) is 2.31. The second-order valence-electron chi connectivity index (χ2n) is 5.97. The lowest BCUT2D eigenvalue weighted by molar-refractivity contribution is -0.0865. The van der Waals surface area contributed by atoms with Gasteiger partial charge in [-0.05, 0) is 24.6 Å². The molecule has 0 amide bonds. The average molecular weight is 260 g/mol. The fourth-order valence-corrected chi connectivity index (χ4v) is 3.23. The molecule has 0 spiro atoms. The van der Waals surface area contributed by atoms with Crippen molar-refractivity contribution in [2.24, 2.45) is 0 Å². The molecule has 3 heteroatoms. The van der Waals surface area contributed by atoms with Crippen molar-refractivity contribution in [1.82, 2.24) is 10.2 Å². The molecule has 2 saturated heterocycles. The Morgan fingerprint density at radius 1 is 1.32 bits per heavy atom. The van der Waals surface area contributed by atoms with Crippen molar-refractivity contribution in [3.63, 3.8) is 0 Å². The quantitative estimate of drug-likeness (QED) is 0.889. The highest BCUT2D eigenvalue weighted by Gasteiger charge is 2.47. The molecule has 3 nitrogen and oxygen atoms in total. The van der Waals surface area contributed by atoms with Crippen LogP contribution in [0.4, 0.5) is 0 Å². The van der Waals surface area contributed by atoms with Gasteiger partial charge >= 0.3 is 0 Å². The van der Waals surface area contributed by atoms with Crippen LogP contribution in [0.25, 0.3) is 0 Å². The summed E-state index contributed by atoms with van der Waals surface area (Å²) in [6, 6.07) is 9.64. The number of benzene rings is 1. The molecule has 0 bridgehead atoms. The number of aryl methyl sites for hydroxylation is 1. The van der Waals surface area contributed by atoms with Gasteiger partial charge in [0.15, 0.2) is 0 Å². The van der Waals surface area contributed by atoms with E-state index in [-0.39, 0.29) is 5.41 Å². The molecule has 0 aromatic heterocycles. The Balaban J connectivity index is 1.85. The normalized spacial score (nSPS) is 26.9. The summed E-state index contributed by atoms with van der Waals surface area (Å²) in [5, 5.41) is 3.70. The van der Waals surface area contributed by atoms with Crippen LogP contribution in [0.3, 0.4) is 0 Å². The number of piperazine rings is 1. The van der Waals surface area contributed by atoms with Crippen LogP contribution >= 0.6 is 0 Å². The van der Waals surface area contributed by atoms with Gasteiger partial charge in [-0.1, -0.05) is 31.2 Å². The average Bonchev–Trinajstić information content (AvgIpc) is 2.38. The van der Waals surface area contributed by atoms with Crippen molar-refractivity contribution in [2.75, 3.05) is 39.9 Å². The van der Waals surface area contributed by atoms with E-state index in [0.717, 1.165) is 39.3 Å². The summed E-state index contributed by atoms with van der Waals surface area (Å²) in [5.41, 5.74) is 3.03. The molecule has 104 valence electrons. The molecular weight excluding hydrogens is 236 g/mol. The molecule has 1 unspecified atom stereocenters. The second-order valence-corrected chi connectivity index (χ2v) is 5.97. The fourth-order valence-electron chi connectivity index (χ4n) is 3.23. The predicted octanol–water partition coefficient (Wildman–Crippen LogP) is 1.42. The maximum Gasteiger partial charge on any atom is 0.0601 e. The van der Waals surface area contributed by atoms with Gasteiger partial charge in [0.1, 0.15) is 0 Å². The number of nitrogens with zero attached hydrogens (tertiary/aromatic N) is 1. The smallest absolute Gasteiger partial charge is 0.0601 e. The zero-order chi connectivity index (χ0) is 13.3. The highest BCUT2D eigenvalue weighted by atomic mass is 16.5. The first-order valence-corrected chi connectivity index (χ1v) is 7.34. The Kier molecular flexibility index (Phi) is 3.61. The molecule has 2 aliphatic rings. The molecule has 1 N–H and O–H groups in total. The molecule has 1 aromatic rings. The minimum absolute atomic E-state index is 0.181. The van der Waals surface area contributed by atoms with Gasteiger partial charge in [0, 0.05) is 25.7 Å². The van der Waals surface area contributed by atoms with Crippen LogP contribution in [0, 0.1) is 0 Å². The first-order valence-electron chi connectivity index (χ1n) is 7.34. The number of hydrogen-bond acceptors (Lipinski definition) is 3. The minimum Gasteiger partial charge on any atom is -0.379 e. The molecular formula is C16H24N2O. The van der Waals surface area contributed by atoms with Crippen LogP contribution in [0.15, 0.2) is 24.3 Å². The van der Waals surface area contributed by atoms with Crippen LogP contribution in [-0.2, 0) is 16.6 Å². The summed E-state index contributed by atoms with van der Waals surface area (Å²) < 4.78 is 5.58. The van der Waals surface area contributed by atoms with Gasteiger partial charge in [0.25, 0.3) is 0 Å². The molecule has 19 heavy (non-hydrogen) atoms. The highest BCUT2D eigenvalue weighted by Crippen LogP contribution is 2.37. The van der Waals surface area contributed by atoms with E-state index in [1.54, 1.807) is 0 Å². The number of rotatable bonds is 3. The van der Waals surface area contributed by atoms with Gasteiger partial charge in [-0.25, -0.2) is 0 Å². The SMILES string of the molecule is CCc1ccc(C2(C3CN(C)CCN3)COC2)cc1. The van der Waals surface area contributed by atoms with E-state index in [2.05, 4.69) is 48.5 Å². The minimum atomic E-state index is 0.181. The summed E-state index contributed by atoms with van der Waals surface area (Å²) in [4.78, 5) is 2.42. The predicted molar refractivity (Wildman–Crippen MR) is 77.6 cm³/mol. The summed E-state index contributed by atoms with van der Waals surface area (Å²) >= 11 is 0. The van der Waals surface area contributed by atoms with Crippen molar-refractivity contribution in [2.45, 2.75) is 24.8 Å². The van der Waals surface area contributed by atoms with Crippen molar-refractivity contribution in [3.05, 3.63) is 35.4 Å². The van der Waals surface area contributed by atoms with E-state index >= 15 is 0 Å². The molecule has 0 aliphatic carbocycles. The Bertz CT molecular complexity index is 425. The van der Waals surface area contributed by atoms with E-state index in [1.807, 2.05) is 0 Å². The molecule has 3 rings (SSSR count). The third-order valence-corrected chi connectivity index (χ3v) is 4.70. The van der Waals surface area contributed by atoms with Crippen LogP contribution in [0.5, 0.6) is 0 Å². The summed E-state index contributed by atoms with van der Waals surface area (Å²) in [5.74, 6) is 0. The van der Waals surface area contributed by atoms with Crippen LogP contribution in [-0.4, -0.2) is 50.8 Å². The topological polar surface area (TPSA) is 24.5 Å². The number of nitrogens with one attached hydrogen (secondary N) is 1. The third-order valence-electron chi connectivity index (χ3n) is 4.70. The lowest BCUT2D eigenvalue weighted by Gasteiger charge is -2.50.